The molecule has 0 unspecified atom stereocenters. The number of halogens is 5. The number of amides is 1. The van der Waals surface area contributed by atoms with Crippen LogP contribution in [0.5, 0.6) is 0 Å². The first-order valence-corrected chi connectivity index (χ1v) is 8.10. The van der Waals surface area contributed by atoms with Crippen LogP contribution in [0.25, 0.3) is 0 Å². The third kappa shape index (κ3) is 3.75. The van der Waals surface area contributed by atoms with Gasteiger partial charge in [-0.2, -0.15) is 13.2 Å². The highest BCUT2D eigenvalue weighted by Gasteiger charge is 2.55. The molecule has 0 saturated heterocycles. The van der Waals surface area contributed by atoms with Crippen molar-refractivity contribution in [3.05, 3.63) is 23.0 Å². The molecule has 0 aliphatic rings. The molecule has 0 aliphatic heterocycles. The van der Waals surface area contributed by atoms with E-state index in [1.54, 1.807) is 5.32 Å². The van der Waals surface area contributed by atoms with E-state index >= 15 is 0 Å². The maximum absolute atomic E-state index is 14.0. The zero-order valence-corrected chi connectivity index (χ0v) is 13.4. The lowest BCUT2D eigenvalue weighted by Crippen LogP contribution is -2.52. The normalized spacial score (nSPS) is 15.1. The molecular formula is C12H12ClF4NO4S. The van der Waals surface area contributed by atoms with Crippen molar-refractivity contribution in [1.29, 1.82) is 0 Å². The maximum Gasteiger partial charge on any atom is 0.426 e. The second-order valence-electron chi connectivity index (χ2n) is 4.67. The summed E-state index contributed by atoms with van der Waals surface area (Å²) in [5.74, 6) is -3.72. The number of alkyl halides is 3. The van der Waals surface area contributed by atoms with Gasteiger partial charge in [-0.1, -0.05) is 18.5 Å². The first kappa shape index (κ1) is 19.7. The van der Waals surface area contributed by atoms with Crippen molar-refractivity contribution >= 4 is 33.0 Å². The fourth-order valence-electron chi connectivity index (χ4n) is 1.40. The minimum atomic E-state index is -5.27. The van der Waals surface area contributed by atoms with Crippen molar-refractivity contribution in [3.63, 3.8) is 0 Å². The molecule has 11 heteroatoms. The molecule has 23 heavy (non-hydrogen) atoms. The smallest absolute Gasteiger partial charge is 0.373 e. The number of sulfone groups is 1. The molecule has 0 bridgehead atoms. The molecular weight excluding hydrogens is 366 g/mol. The van der Waals surface area contributed by atoms with Crippen molar-refractivity contribution in [2.24, 2.45) is 0 Å². The number of carbonyl (C=O) groups excluding carboxylic acids is 1. The summed E-state index contributed by atoms with van der Waals surface area (Å²) >= 11 is 5.55. The van der Waals surface area contributed by atoms with Crippen LogP contribution in [0.3, 0.4) is 0 Å². The summed E-state index contributed by atoms with van der Waals surface area (Å²) in [5, 5.41) is 9.93. The van der Waals surface area contributed by atoms with Crippen molar-refractivity contribution in [3.8, 4) is 0 Å². The quantitative estimate of drug-likeness (QED) is 0.790. The first-order chi connectivity index (χ1) is 10.3. The van der Waals surface area contributed by atoms with Crippen molar-refractivity contribution < 1.29 is 35.9 Å². The standard InChI is InChI=1S/C12H12ClF4NO4S/c1-3-23(21,22)7-5-4-6(8(13)9(7)14)18-10(19)11(2,20)12(15,16)17/h4-5,20H,3H2,1-2H3,(H,18,19)/t11-/m1/s1. The first-order valence-electron chi connectivity index (χ1n) is 6.07. The SMILES string of the molecule is CCS(=O)(=O)c1ccc(NC(=O)[C@@](C)(O)C(F)(F)F)c(Cl)c1F. The zero-order chi connectivity index (χ0) is 18.2. The van der Waals surface area contributed by atoms with E-state index in [0.717, 1.165) is 12.1 Å². The van der Waals surface area contributed by atoms with E-state index in [1.807, 2.05) is 0 Å². The summed E-state index contributed by atoms with van der Waals surface area (Å²) in [4.78, 5) is 10.8. The molecule has 1 amide bonds. The lowest BCUT2D eigenvalue weighted by molar-refractivity contribution is -0.242. The van der Waals surface area contributed by atoms with Gasteiger partial charge in [-0.3, -0.25) is 4.79 Å². The molecule has 1 atom stereocenters. The summed E-state index contributed by atoms with van der Waals surface area (Å²) in [6.07, 6.45) is -5.27. The molecule has 0 spiro atoms. The number of anilines is 1. The van der Waals surface area contributed by atoms with Gasteiger partial charge < -0.3 is 10.4 Å². The van der Waals surface area contributed by atoms with E-state index < -0.39 is 54.7 Å². The predicted octanol–water partition coefficient (Wildman–Crippen LogP) is 2.52. The molecule has 2 N–H and O–H groups in total. The third-order valence-electron chi connectivity index (χ3n) is 3.00. The van der Waals surface area contributed by atoms with Gasteiger partial charge >= 0.3 is 6.18 Å². The highest BCUT2D eigenvalue weighted by Crippen LogP contribution is 2.34. The van der Waals surface area contributed by atoms with Crippen molar-refractivity contribution in [2.45, 2.75) is 30.5 Å². The molecule has 0 fully saturated rings. The van der Waals surface area contributed by atoms with Gasteiger partial charge in [0.2, 0.25) is 5.60 Å². The van der Waals surface area contributed by atoms with Gasteiger partial charge in [-0.25, -0.2) is 12.8 Å². The van der Waals surface area contributed by atoms with Gasteiger partial charge in [-0.05, 0) is 19.1 Å². The maximum atomic E-state index is 14.0. The number of carbonyl (C=O) groups is 1. The molecule has 130 valence electrons. The topological polar surface area (TPSA) is 83.5 Å². The minimum Gasteiger partial charge on any atom is -0.373 e. The van der Waals surface area contributed by atoms with Gasteiger partial charge in [-0.15, -0.1) is 0 Å². The van der Waals surface area contributed by atoms with E-state index in [-0.39, 0.29) is 6.92 Å². The Hall–Kier alpha value is -1.39. The Balaban J connectivity index is 3.24. The van der Waals surface area contributed by atoms with E-state index in [9.17, 15) is 35.9 Å². The second-order valence-corrected chi connectivity index (χ2v) is 7.29. The number of aliphatic hydroxyl groups is 1. The van der Waals surface area contributed by atoms with E-state index in [4.69, 9.17) is 11.6 Å². The molecule has 1 rings (SSSR count). The molecule has 0 saturated carbocycles. The van der Waals surface area contributed by atoms with E-state index in [2.05, 4.69) is 0 Å². The van der Waals surface area contributed by atoms with Crippen LogP contribution in [0.15, 0.2) is 17.0 Å². The van der Waals surface area contributed by atoms with Gasteiger partial charge in [0.15, 0.2) is 15.7 Å². The lowest BCUT2D eigenvalue weighted by atomic mass is 10.1. The highest BCUT2D eigenvalue weighted by atomic mass is 35.5. The number of benzene rings is 1. The monoisotopic (exact) mass is 377 g/mol. The summed E-state index contributed by atoms with van der Waals surface area (Å²) in [5.41, 5.74) is -4.34. The number of nitrogens with one attached hydrogen (secondary N) is 1. The molecule has 1 aromatic rings. The Morgan fingerprint density at radius 1 is 1.35 bits per heavy atom. The minimum absolute atomic E-state index is 0.211. The average molecular weight is 378 g/mol. The Morgan fingerprint density at radius 2 is 1.87 bits per heavy atom. The van der Waals surface area contributed by atoms with Crippen LogP contribution in [0.1, 0.15) is 13.8 Å². The molecule has 0 heterocycles. The van der Waals surface area contributed by atoms with Crippen LogP contribution in [-0.4, -0.2) is 37.0 Å². The van der Waals surface area contributed by atoms with Crippen LogP contribution in [-0.2, 0) is 14.6 Å². The van der Waals surface area contributed by atoms with Gasteiger partial charge in [0.05, 0.1) is 11.4 Å². The lowest BCUT2D eigenvalue weighted by Gasteiger charge is -2.25. The van der Waals surface area contributed by atoms with Gasteiger partial charge in [0, 0.05) is 0 Å². The highest BCUT2D eigenvalue weighted by molar-refractivity contribution is 7.91. The summed E-state index contributed by atoms with van der Waals surface area (Å²) in [7, 11) is -3.95. The largest absolute Gasteiger partial charge is 0.426 e. The number of hydrogen-bond acceptors (Lipinski definition) is 4. The van der Waals surface area contributed by atoms with Crippen molar-refractivity contribution in [2.75, 3.05) is 11.1 Å². The Labute approximate surface area is 134 Å². The van der Waals surface area contributed by atoms with Crippen LogP contribution in [0.2, 0.25) is 5.02 Å². The van der Waals surface area contributed by atoms with Crippen LogP contribution >= 0.6 is 11.6 Å². The van der Waals surface area contributed by atoms with Crippen molar-refractivity contribution in [1.82, 2.24) is 0 Å². The average Bonchev–Trinajstić information content (AvgIpc) is 2.42. The van der Waals surface area contributed by atoms with Crippen LogP contribution in [0.4, 0.5) is 23.2 Å². The van der Waals surface area contributed by atoms with Gasteiger partial charge in [0.25, 0.3) is 5.91 Å². The predicted molar refractivity (Wildman–Crippen MR) is 74.4 cm³/mol. The fourth-order valence-corrected chi connectivity index (χ4v) is 2.63. The van der Waals surface area contributed by atoms with E-state index in [0.29, 0.717) is 0 Å². The van der Waals surface area contributed by atoms with E-state index in [1.165, 1.54) is 6.92 Å². The van der Waals surface area contributed by atoms with Gasteiger partial charge in [0.1, 0.15) is 9.92 Å². The summed E-state index contributed by atoms with van der Waals surface area (Å²) < 4.78 is 74.8. The fraction of sp³-hybridized carbons (Fsp3) is 0.417. The molecule has 5 nitrogen and oxygen atoms in total. The third-order valence-corrected chi connectivity index (χ3v) is 5.12. The zero-order valence-electron chi connectivity index (χ0n) is 11.8. The number of rotatable bonds is 4. The Bertz CT molecular complexity index is 731. The van der Waals surface area contributed by atoms with Crippen LogP contribution < -0.4 is 5.32 Å². The summed E-state index contributed by atoms with van der Waals surface area (Å²) in [6.45, 7) is 1.47. The molecule has 1 aromatic carbocycles. The van der Waals surface area contributed by atoms with Crippen LogP contribution in [0, 0.1) is 5.82 Å². The Morgan fingerprint density at radius 3 is 2.30 bits per heavy atom. The molecule has 0 aromatic heterocycles. The molecule has 0 radical (unpaired) electrons. The Kier molecular flexibility index (Phi) is 5.34. The molecule has 0 aliphatic carbocycles. The second kappa shape index (κ2) is 6.25. The number of hydrogen-bond donors (Lipinski definition) is 2. The summed E-state index contributed by atoms with van der Waals surface area (Å²) in [6, 6.07) is 1.59.